The van der Waals surface area contributed by atoms with Gasteiger partial charge in [0.1, 0.15) is 5.56 Å². The van der Waals surface area contributed by atoms with Crippen molar-refractivity contribution in [3.05, 3.63) is 61.3 Å². The normalized spacial score (nSPS) is 11.4. The Hall–Kier alpha value is -2.87. The van der Waals surface area contributed by atoms with E-state index in [9.17, 15) is 19.5 Å². The SMILES string of the molecule is CCCCn1c(O)c(/C(CC)=N/NC(=O)c2ccccc2Cl)c(=O)[nH]c1=O. The van der Waals surface area contributed by atoms with Crippen molar-refractivity contribution < 1.29 is 9.90 Å². The number of aromatic nitrogens is 2. The summed E-state index contributed by atoms with van der Waals surface area (Å²) in [5.74, 6) is -1.02. The zero-order valence-corrected chi connectivity index (χ0v) is 15.8. The summed E-state index contributed by atoms with van der Waals surface area (Å²) in [6.07, 6.45) is 1.70. The molecule has 0 radical (unpaired) electrons. The lowest BCUT2D eigenvalue weighted by atomic mass is 10.1. The molecule has 0 bridgehead atoms. The van der Waals surface area contributed by atoms with E-state index in [2.05, 4.69) is 15.5 Å². The number of carbonyl (C=O) groups excluding carboxylic acids is 1. The van der Waals surface area contributed by atoms with Gasteiger partial charge in [0.2, 0.25) is 5.88 Å². The fourth-order valence-electron chi connectivity index (χ4n) is 2.48. The van der Waals surface area contributed by atoms with E-state index in [-0.39, 0.29) is 34.8 Å². The number of aromatic hydroxyl groups is 1. The van der Waals surface area contributed by atoms with Crippen LogP contribution in [-0.2, 0) is 6.54 Å². The smallest absolute Gasteiger partial charge is 0.331 e. The molecule has 0 atom stereocenters. The molecular weight excluding hydrogens is 372 g/mol. The average Bonchev–Trinajstić information content (AvgIpc) is 2.64. The van der Waals surface area contributed by atoms with Gasteiger partial charge in [0.15, 0.2) is 0 Å². The van der Waals surface area contributed by atoms with Crippen LogP contribution >= 0.6 is 11.6 Å². The topological polar surface area (TPSA) is 117 Å². The minimum absolute atomic E-state index is 0.138. The van der Waals surface area contributed by atoms with Crippen LogP contribution in [0, 0.1) is 0 Å². The largest absolute Gasteiger partial charge is 0.494 e. The average molecular weight is 393 g/mol. The molecule has 0 aliphatic heterocycles. The molecule has 0 saturated heterocycles. The van der Waals surface area contributed by atoms with E-state index in [0.29, 0.717) is 6.42 Å². The van der Waals surface area contributed by atoms with E-state index >= 15 is 0 Å². The molecule has 1 heterocycles. The van der Waals surface area contributed by atoms with Crippen molar-refractivity contribution in [1.29, 1.82) is 0 Å². The minimum Gasteiger partial charge on any atom is -0.494 e. The summed E-state index contributed by atoms with van der Waals surface area (Å²) in [4.78, 5) is 38.6. The molecule has 2 aromatic rings. The first-order chi connectivity index (χ1) is 12.9. The first kappa shape index (κ1) is 20.4. The van der Waals surface area contributed by atoms with Crippen molar-refractivity contribution in [2.45, 2.75) is 39.7 Å². The number of nitrogens with zero attached hydrogens (tertiary/aromatic N) is 2. The molecule has 0 saturated carbocycles. The lowest BCUT2D eigenvalue weighted by molar-refractivity contribution is 0.0955. The van der Waals surface area contributed by atoms with Crippen molar-refractivity contribution in [1.82, 2.24) is 15.0 Å². The molecule has 3 N–H and O–H groups in total. The molecule has 2 rings (SSSR count). The molecule has 8 nitrogen and oxygen atoms in total. The Morgan fingerprint density at radius 2 is 2.00 bits per heavy atom. The van der Waals surface area contributed by atoms with Gasteiger partial charge in [0.05, 0.1) is 16.3 Å². The second-order valence-electron chi connectivity index (χ2n) is 5.80. The highest BCUT2D eigenvalue weighted by atomic mass is 35.5. The summed E-state index contributed by atoms with van der Waals surface area (Å²) in [5.41, 5.74) is 1.10. The summed E-state index contributed by atoms with van der Waals surface area (Å²) in [6.45, 7) is 3.91. The van der Waals surface area contributed by atoms with Crippen LogP contribution in [0.4, 0.5) is 0 Å². The Balaban J connectivity index is 2.41. The second-order valence-corrected chi connectivity index (χ2v) is 6.20. The van der Waals surface area contributed by atoms with Gasteiger partial charge in [0, 0.05) is 6.54 Å². The lowest BCUT2D eigenvalue weighted by Gasteiger charge is -2.12. The van der Waals surface area contributed by atoms with Crippen LogP contribution in [0.3, 0.4) is 0 Å². The number of hydrazone groups is 1. The molecule has 1 amide bonds. The third-order valence-corrected chi connectivity index (χ3v) is 4.27. The number of aromatic amines is 1. The maximum absolute atomic E-state index is 12.2. The van der Waals surface area contributed by atoms with Crippen LogP contribution in [0.2, 0.25) is 5.02 Å². The maximum Gasteiger partial charge on any atom is 0.331 e. The zero-order valence-electron chi connectivity index (χ0n) is 15.1. The van der Waals surface area contributed by atoms with Gasteiger partial charge in [-0.15, -0.1) is 0 Å². The number of rotatable bonds is 7. The van der Waals surface area contributed by atoms with Gasteiger partial charge in [-0.1, -0.05) is 44.0 Å². The molecule has 144 valence electrons. The highest BCUT2D eigenvalue weighted by molar-refractivity contribution is 6.33. The Bertz CT molecular complexity index is 978. The number of benzene rings is 1. The second kappa shape index (κ2) is 9.18. The van der Waals surface area contributed by atoms with Crippen molar-refractivity contribution in [2.75, 3.05) is 0 Å². The van der Waals surface area contributed by atoms with E-state index in [4.69, 9.17) is 11.6 Å². The van der Waals surface area contributed by atoms with Gasteiger partial charge >= 0.3 is 5.69 Å². The van der Waals surface area contributed by atoms with E-state index in [1.807, 2.05) is 6.92 Å². The third kappa shape index (κ3) is 4.65. The van der Waals surface area contributed by atoms with Gasteiger partial charge in [-0.25, -0.2) is 10.2 Å². The Labute approximate surface area is 160 Å². The molecular formula is C18H21ClN4O4. The van der Waals surface area contributed by atoms with E-state index in [0.717, 1.165) is 11.0 Å². The first-order valence-electron chi connectivity index (χ1n) is 8.58. The molecule has 0 aliphatic rings. The predicted octanol–water partition coefficient (Wildman–Crippen LogP) is 2.24. The number of halogens is 1. The molecule has 1 aromatic carbocycles. The van der Waals surface area contributed by atoms with Crippen LogP contribution < -0.4 is 16.7 Å². The van der Waals surface area contributed by atoms with E-state index in [1.165, 1.54) is 6.07 Å². The zero-order chi connectivity index (χ0) is 20.0. The van der Waals surface area contributed by atoms with E-state index < -0.39 is 23.0 Å². The number of hydrogen-bond acceptors (Lipinski definition) is 5. The first-order valence-corrected chi connectivity index (χ1v) is 8.96. The Morgan fingerprint density at radius 1 is 1.30 bits per heavy atom. The maximum atomic E-state index is 12.2. The van der Waals surface area contributed by atoms with Gasteiger partial charge in [-0.05, 0) is 25.0 Å². The quantitative estimate of drug-likeness (QED) is 0.494. The predicted molar refractivity (Wildman–Crippen MR) is 104 cm³/mol. The van der Waals surface area contributed by atoms with Crippen molar-refractivity contribution >= 4 is 23.2 Å². The Kier molecular flexibility index (Phi) is 6.95. The van der Waals surface area contributed by atoms with Crippen LogP contribution in [0.15, 0.2) is 39.0 Å². The number of unbranched alkanes of at least 4 members (excludes halogenated alkanes) is 1. The number of amides is 1. The summed E-state index contributed by atoms with van der Waals surface area (Å²) in [7, 11) is 0. The molecule has 9 heteroatoms. The Morgan fingerprint density at radius 3 is 2.63 bits per heavy atom. The van der Waals surface area contributed by atoms with Gasteiger partial charge in [-0.2, -0.15) is 5.10 Å². The fraction of sp³-hybridized carbons (Fsp3) is 0.333. The van der Waals surface area contributed by atoms with Crippen LogP contribution in [0.25, 0.3) is 0 Å². The van der Waals surface area contributed by atoms with Crippen molar-refractivity contribution in [3.63, 3.8) is 0 Å². The van der Waals surface area contributed by atoms with Gasteiger partial charge in [0.25, 0.3) is 11.5 Å². The summed E-state index contributed by atoms with van der Waals surface area (Å²) < 4.78 is 1.08. The minimum atomic E-state index is -0.766. The van der Waals surface area contributed by atoms with Crippen molar-refractivity contribution in [3.8, 4) is 5.88 Å². The van der Waals surface area contributed by atoms with E-state index in [1.54, 1.807) is 25.1 Å². The number of H-pyrrole nitrogens is 1. The highest BCUT2D eigenvalue weighted by Crippen LogP contribution is 2.16. The molecule has 0 spiro atoms. The van der Waals surface area contributed by atoms with Crippen LogP contribution in [0.1, 0.15) is 49.0 Å². The standard InChI is InChI=1S/C18H21ClN4O4/c1-3-5-10-23-17(26)14(16(25)20-18(23)27)13(4-2)21-22-15(24)11-8-6-7-9-12(11)19/h6-9,26H,3-5,10H2,1-2H3,(H,22,24)(H,20,25,27)/b21-13+. The van der Waals surface area contributed by atoms with Gasteiger partial charge in [-0.3, -0.25) is 19.1 Å². The monoisotopic (exact) mass is 392 g/mol. The number of carbonyl (C=O) groups is 1. The third-order valence-electron chi connectivity index (χ3n) is 3.94. The lowest BCUT2D eigenvalue weighted by Crippen LogP contribution is -2.34. The summed E-state index contributed by atoms with van der Waals surface area (Å²) >= 11 is 5.98. The van der Waals surface area contributed by atoms with Crippen LogP contribution in [0.5, 0.6) is 5.88 Å². The summed E-state index contributed by atoms with van der Waals surface area (Å²) in [6, 6.07) is 6.46. The molecule has 0 fully saturated rings. The summed E-state index contributed by atoms with van der Waals surface area (Å²) in [5, 5.41) is 14.7. The van der Waals surface area contributed by atoms with Crippen molar-refractivity contribution in [2.24, 2.45) is 5.10 Å². The molecule has 0 aliphatic carbocycles. The molecule has 1 aromatic heterocycles. The highest BCUT2D eigenvalue weighted by Gasteiger charge is 2.19. The number of nitrogens with one attached hydrogen (secondary N) is 2. The van der Waals surface area contributed by atoms with Gasteiger partial charge < -0.3 is 5.11 Å². The molecule has 27 heavy (non-hydrogen) atoms. The van der Waals surface area contributed by atoms with Crippen LogP contribution in [-0.4, -0.2) is 26.3 Å². The number of hydrogen-bond donors (Lipinski definition) is 3. The molecule has 0 unspecified atom stereocenters. The fourth-order valence-corrected chi connectivity index (χ4v) is 2.70.